The Morgan fingerprint density at radius 3 is 2.03 bits per heavy atom. The van der Waals surface area contributed by atoms with Crippen LogP contribution in [0.25, 0.3) is 11.0 Å². The standard InChI is InChI=1S/C29H33N3O3/c1-33-27-20-24-25(30-35-26(24)21-28(27)34-2)14-9-15-31-16-18-32(19-17-31)29(22-10-5-3-6-11-22)23-12-7-4-8-13-23/h3-8,10-13,20-21,29H,9,14-19H2,1-2H3. The highest BCUT2D eigenvalue weighted by Crippen LogP contribution is 2.34. The SMILES string of the molecule is COc1cc2onc(CCCN3CCN(C(c4ccccc4)c4ccccc4)CC3)c2cc1OC. The van der Waals surface area contributed by atoms with Crippen molar-refractivity contribution in [2.75, 3.05) is 46.9 Å². The van der Waals surface area contributed by atoms with Crippen LogP contribution in [0.1, 0.15) is 29.3 Å². The zero-order valence-corrected chi connectivity index (χ0v) is 20.5. The lowest BCUT2D eigenvalue weighted by molar-refractivity contribution is 0.108. The van der Waals surface area contributed by atoms with E-state index in [-0.39, 0.29) is 0 Å². The zero-order chi connectivity index (χ0) is 24.0. The molecule has 35 heavy (non-hydrogen) atoms. The fourth-order valence-corrected chi connectivity index (χ4v) is 5.10. The van der Waals surface area contributed by atoms with Crippen molar-refractivity contribution in [1.82, 2.24) is 15.0 Å². The molecule has 1 aliphatic heterocycles. The van der Waals surface area contributed by atoms with Crippen LogP contribution < -0.4 is 9.47 Å². The molecule has 6 nitrogen and oxygen atoms in total. The summed E-state index contributed by atoms with van der Waals surface area (Å²) in [5.74, 6) is 1.36. The third-order valence-electron chi connectivity index (χ3n) is 6.94. The number of hydrogen-bond donors (Lipinski definition) is 0. The maximum absolute atomic E-state index is 5.55. The first-order valence-electron chi connectivity index (χ1n) is 12.3. The van der Waals surface area contributed by atoms with Crippen LogP contribution in [0.3, 0.4) is 0 Å². The van der Waals surface area contributed by atoms with Gasteiger partial charge in [-0.1, -0.05) is 65.8 Å². The van der Waals surface area contributed by atoms with Crippen molar-refractivity contribution >= 4 is 11.0 Å². The van der Waals surface area contributed by atoms with Gasteiger partial charge in [-0.05, 0) is 36.6 Å². The van der Waals surface area contributed by atoms with Gasteiger partial charge in [0.15, 0.2) is 17.1 Å². The maximum Gasteiger partial charge on any atom is 0.171 e. The number of hydrogen-bond acceptors (Lipinski definition) is 6. The number of ether oxygens (including phenoxy) is 2. The summed E-state index contributed by atoms with van der Waals surface area (Å²) in [6, 6.07) is 25.8. The third kappa shape index (κ3) is 5.19. The molecule has 4 aromatic rings. The third-order valence-corrected chi connectivity index (χ3v) is 6.94. The molecular weight excluding hydrogens is 438 g/mol. The van der Waals surface area contributed by atoms with E-state index in [0.717, 1.165) is 62.2 Å². The highest BCUT2D eigenvalue weighted by molar-refractivity contribution is 5.83. The number of aromatic nitrogens is 1. The van der Waals surface area contributed by atoms with Crippen LogP contribution in [0, 0.1) is 0 Å². The molecule has 1 fully saturated rings. The second-order valence-electron chi connectivity index (χ2n) is 9.04. The highest BCUT2D eigenvalue weighted by Gasteiger charge is 2.26. The Balaban J connectivity index is 1.19. The highest BCUT2D eigenvalue weighted by atomic mass is 16.5. The molecule has 5 rings (SSSR count). The predicted octanol–water partition coefficient (Wildman–Crippen LogP) is 5.18. The summed E-state index contributed by atoms with van der Waals surface area (Å²) in [7, 11) is 3.28. The van der Waals surface area contributed by atoms with E-state index in [1.165, 1.54) is 11.1 Å². The van der Waals surface area contributed by atoms with E-state index in [9.17, 15) is 0 Å². The van der Waals surface area contributed by atoms with Crippen LogP contribution >= 0.6 is 0 Å². The smallest absolute Gasteiger partial charge is 0.171 e. The van der Waals surface area contributed by atoms with Gasteiger partial charge in [0.2, 0.25) is 0 Å². The molecule has 0 saturated carbocycles. The van der Waals surface area contributed by atoms with Gasteiger partial charge in [-0.15, -0.1) is 0 Å². The number of aryl methyl sites for hydroxylation is 1. The van der Waals surface area contributed by atoms with E-state index >= 15 is 0 Å². The van der Waals surface area contributed by atoms with E-state index in [1.54, 1.807) is 14.2 Å². The molecule has 182 valence electrons. The molecule has 0 radical (unpaired) electrons. The van der Waals surface area contributed by atoms with Gasteiger partial charge in [0, 0.05) is 37.6 Å². The molecule has 1 saturated heterocycles. The summed E-state index contributed by atoms with van der Waals surface area (Å²) < 4.78 is 16.4. The Hall–Kier alpha value is -3.35. The summed E-state index contributed by atoms with van der Waals surface area (Å²) in [5, 5.41) is 5.32. The van der Waals surface area contributed by atoms with Gasteiger partial charge in [0.25, 0.3) is 0 Å². The minimum Gasteiger partial charge on any atom is -0.493 e. The van der Waals surface area contributed by atoms with Crippen molar-refractivity contribution in [2.45, 2.75) is 18.9 Å². The topological polar surface area (TPSA) is 51.0 Å². The Labute approximate surface area is 207 Å². The molecule has 1 aliphatic rings. The van der Waals surface area contributed by atoms with Crippen molar-refractivity contribution < 1.29 is 14.0 Å². The molecule has 2 heterocycles. The molecule has 0 aliphatic carbocycles. The van der Waals surface area contributed by atoms with Crippen molar-refractivity contribution in [1.29, 1.82) is 0 Å². The van der Waals surface area contributed by atoms with Gasteiger partial charge < -0.3 is 18.9 Å². The van der Waals surface area contributed by atoms with Crippen LogP contribution in [-0.2, 0) is 6.42 Å². The Morgan fingerprint density at radius 1 is 0.829 bits per heavy atom. The van der Waals surface area contributed by atoms with Gasteiger partial charge in [0.05, 0.1) is 26.0 Å². The second-order valence-corrected chi connectivity index (χ2v) is 9.04. The van der Waals surface area contributed by atoms with Gasteiger partial charge in [-0.25, -0.2) is 0 Å². The fourth-order valence-electron chi connectivity index (χ4n) is 5.10. The van der Waals surface area contributed by atoms with Crippen LogP contribution in [0.15, 0.2) is 77.3 Å². The van der Waals surface area contributed by atoms with Crippen molar-refractivity contribution in [3.8, 4) is 11.5 Å². The first kappa shape index (κ1) is 23.4. The lowest BCUT2D eigenvalue weighted by Crippen LogP contribution is -2.48. The van der Waals surface area contributed by atoms with Crippen LogP contribution in [0.5, 0.6) is 11.5 Å². The minimum absolute atomic E-state index is 0.299. The number of piperazine rings is 1. The summed E-state index contributed by atoms with van der Waals surface area (Å²) in [6.07, 6.45) is 1.91. The molecule has 0 amide bonds. The van der Waals surface area contributed by atoms with Crippen molar-refractivity contribution in [3.63, 3.8) is 0 Å². The Kier molecular flexibility index (Phi) is 7.31. The van der Waals surface area contributed by atoms with Gasteiger partial charge in [0.1, 0.15) is 0 Å². The lowest BCUT2D eigenvalue weighted by Gasteiger charge is -2.39. The van der Waals surface area contributed by atoms with E-state index in [1.807, 2.05) is 12.1 Å². The summed E-state index contributed by atoms with van der Waals surface area (Å²) in [6.45, 7) is 5.30. The quantitative estimate of drug-likeness (QED) is 0.335. The average Bonchev–Trinajstić information content (AvgIpc) is 3.31. The number of rotatable bonds is 9. The molecule has 0 bridgehead atoms. The van der Waals surface area contributed by atoms with E-state index in [0.29, 0.717) is 17.5 Å². The first-order chi connectivity index (χ1) is 17.3. The average molecular weight is 472 g/mol. The summed E-state index contributed by atoms with van der Waals surface area (Å²) >= 11 is 0. The van der Waals surface area contributed by atoms with E-state index in [2.05, 4.69) is 75.6 Å². The fraction of sp³-hybridized carbons (Fsp3) is 0.345. The van der Waals surface area contributed by atoms with Crippen LogP contribution in [0.4, 0.5) is 0 Å². The van der Waals surface area contributed by atoms with Crippen LogP contribution in [0.2, 0.25) is 0 Å². The maximum atomic E-state index is 5.55. The Morgan fingerprint density at radius 2 is 1.43 bits per heavy atom. The molecule has 6 heteroatoms. The van der Waals surface area contributed by atoms with Crippen LogP contribution in [-0.4, -0.2) is 61.9 Å². The number of benzene rings is 3. The first-order valence-corrected chi connectivity index (χ1v) is 12.3. The Bertz CT molecular complexity index is 1180. The minimum atomic E-state index is 0.299. The van der Waals surface area contributed by atoms with Gasteiger partial charge in [-0.3, -0.25) is 4.90 Å². The second kappa shape index (κ2) is 10.9. The number of methoxy groups -OCH3 is 2. The molecule has 1 aromatic heterocycles. The van der Waals surface area contributed by atoms with Gasteiger partial charge in [-0.2, -0.15) is 0 Å². The van der Waals surface area contributed by atoms with E-state index < -0.39 is 0 Å². The number of fused-ring (bicyclic) bond motifs is 1. The summed E-state index contributed by atoms with van der Waals surface area (Å²) in [5.41, 5.74) is 4.43. The lowest BCUT2D eigenvalue weighted by atomic mass is 9.96. The molecular formula is C29H33N3O3. The zero-order valence-electron chi connectivity index (χ0n) is 20.5. The number of nitrogens with zero attached hydrogens (tertiary/aromatic N) is 3. The van der Waals surface area contributed by atoms with E-state index in [4.69, 9.17) is 14.0 Å². The molecule has 0 unspecified atom stereocenters. The largest absolute Gasteiger partial charge is 0.493 e. The monoisotopic (exact) mass is 471 g/mol. The van der Waals surface area contributed by atoms with Gasteiger partial charge >= 0.3 is 0 Å². The molecule has 0 spiro atoms. The summed E-state index contributed by atoms with van der Waals surface area (Å²) in [4.78, 5) is 5.18. The molecule has 3 aromatic carbocycles. The molecule has 0 N–H and O–H groups in total. The van der Waals surface area contributed by atoms with Crippen molar-refractivity contribution in [2.24, 2.45) is 0 Å². The normalized spacial score (nSPS) is 15.1. The van der Waals surface area contributed by atoms with Crippen molar-refractivity contribution in [3.05, 3.63) is 89.6 Å². The molecule has 0 atom stereocenters. The predicted molar refractivity (Wildman–Crippen MR) is 138 cm³/mol.